The molecule has 3 heterocycles. The molecular formula is C37H34FN3O7S. The fraction of sp³-hybridized carbons (Fsp3) is 0.243. The monoisotopic (exact) mass is 683 g/mol. The predicted octanol–water partition coefficient (Wildman–Crippen LogP) is 4.89. The van der Waals surface area contributed by atoms with Crippen LogP contribution in [0.15, 0.2) is 94.0 Å². The minimum absolute atomic E-state index is 0.138. The van der Waals surface area contributed by atoms with Crippen molar-refractivity contribution in [3.05, 3.63) is 126 Å². The van der Waals surface area contributed by atoms with Crippen molar-refractivity contribution in [3.8, 4) is 11.5 Å². The number of thiazole rings is 1. The van der Waals surface area contributed by atoms with Gasteiger partial charge in [0, 0.05) is 29.2 Å². The van der Waals surface area contributed by atoms with E-state index >= 15 is 0 Å². The van der Waals surface area contributed by atoms with Gasteiger partial charge in [-0.2, -0.15) is 0 Å². The van der Waals surface area contributed by atoms with Gasteiger partial charge < -0.3 is 23.5 Å². The Labute approximate surface area is 284 Å². The highest BCUT2D eigenvalue weighted by Gasteiger charge is 2.34. The van der Waals surface area contributed by atoms with Crippen molar-refractivity contribution < 1.29 is 32.9 Å². The number of rotatable bonds is 11. The molecule has 1 atom stereocenters. The van der Waals surface area contributed by atoms with Gasteiger partial charge in [0.2, 0.25) is 0 Å². The summed E-state index contributed by atoms with van der Waals surface area (Å²) in [6.45, 7) is 5.87. The van der Waals surface area contributed by atoms with Crippen LogP contribution >= 0.6 is 11.3 Å². The van der Waals surface area contributed by atoms with Crippen molar-refractivity contribution in [2.45, 2.75) is 33.4 Å². The molecule has 0 aliphatic carbocycles. The Morgan fingerprint density at radius 1 is 1.00 bits per heavy atom. The second-order valence-corrected chi connectivity index (χ2v) is 12.2. The zero-order valence-electron chi connectivity index (χ0n) is 27.4. The molecule has 5 aromatic rings. The molecule has 0 saturated heterocycles. The van der Waals surface area contributed by atoms with Gasteiger partial charge >= 0.3 is 11.9 Å². The normalized spacial score (nSPS) is 14.4. The number of carbonyl (C=O) groups is 2. The third-order valence-corrected chi connectivity index (χ3v) is 9.03. The summed E-state index contributed by atoms with van der Waals surface area (Å²) >= 11 is 1.22. The Bertz CT molecular complexity index is 2270. The SMILES string of the molecule is CCOC(=O)C1=C(C)N=c2s/c(=C\c3cn(Cc4ccc(F)cc4)c4ccccc34)c(=O)n2[C@H]1c1ccc(OCC(=O)OC)c(OCC)c1. The van der Waals surface area contributed by atoms with Crippen LogP contribution in [0.5, 0.6) is 11.5 Å². The third kappa shape index (κ3) is 6.77. The zero-order valence-corrected chi connectivity index (χ0v) is 28.2. The first-order chi connectivity index (χ1) is 23.7. The topological polar surface area (TPSA) is 110 Å². The summed E-state index contributed by atoms with van der Waals surface area (Å²) in [5.74, 6) is -0.804. The van der Waals surface area contributed by atoms with Gasteiger partial charge in [-0.15, -0.1) is 0 Å². The summed E-state index contributed by atoms with van der Waals surface area (Å²) in [6, 6.07) is 18.4. The molecule has 0 unspecified atom stereocenters. The number of hydrogen-bond donors (Lipinski definition) is 0. The number of halogens is 1. The van der Waals surface area contributed by atoms with Gasteiger partial charge in [-0.25, -0.2) is 19.0 Å². The van der Waals surface area contributed by atoms with E-state index in [0.29, 0.717) is 45.2 Å². The van der Waals surface area contributed by atoms with Crippen LogP contribution in [0.1, 0.15) is 43.5 Å². The van der Waals surface area contributed by atoms with Gasteiger partial charge in [-0.05, 0) is 68.3 Å². The molecule has 0 bridgehead atoms. The molecule has 3 aromatic carbocycles. The maximum Gasteiger partial charge on any atom is 0.343 e. The van der Waals surface area contributed by atoms with Gasteiger partial charge in [0.05, 0.1) is 42.2 Å². The summed E-state index contributed by atoms with van der Waals surface area (Å²) in [5, 5.41) is 0.944. The molecule has 10 nitrogen and oxygen atoms in total. The summed E-state index contributed by atoms with van der Waals surface area (Å²) < 4.78 is 39.2. The predicted molar refractivity (Wildman–Crippen MR) is 183 cm³/mol. The minimum Gasteiger partial charge on any atom is -0.490 e. The van der Waals surface area contributed by atoms with E-state index in [0.717, 1.165) is 22.0 Å². The van der Waals surface area contributed by atoms with E-state index in [1.807, 2.05) is 43.5 Å². The highest BCUT2D eigenvalue weighted by atomic mass is 32.1. The molecule has 49 heavy (non-hydrogen) atoms. The molecule has 0 spiro atoms. The van der Waals surface area contributed by atoms with E-state index in [4.69, 9.17) is 23.9 Å². The zero-order chi connectivity index (χ0) is 34.7. The Hall–Kier alpha value is -5.49. The lowest BCUT2D eigenvalue weighted by molar-refractivity contribution is -0.143. The number of benzene rings is 3. The maximum atomic E-state index is 14.3. The van der Waals surface area contributed by atoms with Gasteiger partial charge in [0.25, 0.3) is 5.56 Å². The number of aromatic nitrogens is 2. The number of para-hydroxylation sites is 1. The highest BCUT2D eigenvalue weighted by Crippen LogP contribution is 2.36. The molecule has 0 radical (unpaired) electrons. The molecule has 1 aliphatic heterocycles. The Kier molecular flexibility index (Phi) is 9.77. The van der Waals surface area contributed by atoms with E-state index in [1.165, 1.54) is 35.1 Å². The molecule has 1 aliphatic rings. The Morgan fingerprint density at radius 3 is 2.51 bits per heavy atom. The first-order valence-electron chi connectivity index (χ1n) is 15.7. The molecule has 0 N–H and O–H groups in total. The van der Waals surface area contributed by atoms with E-state index in [2.05, 4.69) is 4.57 Å². The van der Waals surface area contributed by atoms with Crippen molar-refractivity contribution in [1.29, 1.82) is 0 Å². The van der Waals surface area contributed by atoms with Crippen molar-refractivity contribution in [3.63, 3.8) is 0 Å². The van der Waals surface area contributed by atoms with Gasteiger partial charge in [-0.1, -0.05) is 47.7 Å². The molecule has 0 fully saturated rings. The number of nitrogens with zero attached hydrogens (tertiary/aromatic N) is 3. The van der Waals surface area contributed by atoms with Crippen LogP contribution in [0.2, 0.25) is 0 Å². The van der Waals surface area contributed by atoms with Crippen molar-refractivity contribution in [1.82, 2.24) is 9.13 Å². The van der Waals surface area contributed by atoms with E-state index in [1.54, 1.807) is 44.2 Å². The van der Waals surface area contributed by atoms with Crippen molar-refractivity contribution >= 4 is 40.3 Å². The van der Waals surface area contributed by atoms with Crippen LogP contribution in [-0.2, 0) is 25.6 Å². The van der Waals surface area contributed by atoms with E-state index in [9.17, 15) is 18.8 Å². The number of carbonyl (C=O) groups excluding carboxylic acids is 2. The number of methoxy groups -OCH3 is 1. The smallest absolute Gasteiger partial charge is 0.343 e. The number of hydrogen-bond acceptors (Lipinski definition) is 9. The van der Waals surface area contributed by atoms with Crippen LogP contribution in [0.3, 0.4) is 0 Å². The standard InChI is InChI=1S/C37H34FN3O7S/c1-5-46-30-17-24(13-16-29(30)48-21-32(42)45-4)34-33(36(44)47-6-2)22(3)39-37-41(34)35(43)31(49-37)18-25-20-40(28-10-8-7-9-27(25)28)19-23-11-14-26(38)15-12-23/h7-18,20,34H,5-6,19,21H2,1-4H3/b31-18-/t34-/m0/s1. The second kappa shape index (κ2) is 14.3. The number of ether oxygens (including phenoxy) is 4. The van der Waals surface area contributed by atoms with Gasteiger partial charge in [0.15, 0.2) is 22.9 Å². The van der Waals surface area contributed by atoms with Crippen molar-refractivity contribution in [2.24, 2.45) is 4.99 Å². The van der Waals surface area contributed by atoms with Crippen LogP contribution < -0.4 is 24.4 Å². The summed E-state index contributed by atoms with van der Waals surface area (Å²) in [5.41, 5.74) is 3.60. The average molecular weight is 684 g/mol. The first-order valence-corrected chi connectivity index (χ1v) is 16.5. The van der Waals surface area contributed by atoms with E-state index < -0.39 is 18.0 Å². The number of fused-ring (bicyclic) bond motifs is 2. The second-order valence-electron chi connectivity index (χ2n) is 11.2. The quantitative estimate of drug-likeness (QED) is 0.183. The Balaban J connectivity index is 1.48. The lowest BCUT2D eigenvalue weighted by atomic mass is 9.95. The number of esters is 2. The lowest BCUT2D eigenvalue weighted by Gasteiger charge is -2.25. The largest absolute Gasteiger partial charge is 0.490 e. The van der Waals surface area contributed by atoms with Crippen LogP contribution in [0.4, 0.5) is 4.39 Å². The molecule has 252 valence electrons. The van der Waals surface area contributed by atoms with Gasteiger partial charge in [-0.3, -0.25) is 9.36 Å². The fourth-order valence-corrected chi connectivity index (χ4v) is 6.87. The lowest BCUT2D eigenvalue weighted by Crippen LogP contribution is -2.40. The fourth-order valence-electron chi connectivity index (χ4n) is 5.83. The third-order valence-electron chi connectivity index (χ3n) is 8.05. The van der Waals surface area contributed by atoms with Gasteiger partial charge in [0.1, 0.15) is 5.82 Å². The number of allylic oxidation sites excluding steroid dienone is 1. The molecule has 2 aromatic heterocycles. The van der Waals surface area contributed by atoms with E-state index in [-0.39, 0.29) is 30.2 Å². The van der Waals surface area contributed by atoms with Crippen LogP contribution in [0, 0.1) is 5.82 Å². The summed E-state index contributed by atoms with van der Waals surface area (Å²) in [4.78, 5) is 44.6. The first kappa shape index (κ1) is 33.4. The highest BCUT2D eigenvalue weighted by molar-refractivity contribution is 7.07. The Morgan fingerprint density at radius 2 is 1.78 bits per heavy atom. The van der Waals surface area contributed by atoms with Crippen LogP contribution in [-0.4, -0.2) is 48.0 Å². The summed E-state index contributed by atoms with van der Waals surface area (Å²) in [7, 11) is 1.27. The molecular weight excluding hydrogens is 649 g/mol. The summed E-state index contributed by atoms with van der Waals surface area (Å²) in [6.07, 6.45) is 3.81. The minimum atomic E-state index is -0.883. The molecule has 0 amide bonds. The average Bonchev–Trinajstić information content (AvgIpc) is 3.60. The van der Waals surface area contributed by atoms with Crippen molar-refractivity contribution in [2.75, 3.05) is 26.9 Å². The molecule has 0 saturated carbocycles. The molecule has 6 rings (SSSR count). The van der Waals surface area contributed by atoms with Crippen LogP contribution in [0.25, 0.3) is 17.0 Å². The molecule has 12 heteroatoms. The maximum absolute atomic E-state index is 14.3.